The van der Waals surface area contributed by atoms with Gasteiger partial charge < -0.3 is 19.1 Å². The van der Waals surface area contributed by atoms with E-state index in [-0.39, 0.29) is 24.4 Å². The monoisotopic (exact) mass is 481 g/mol. The summed E-state index contributed by atoms with van der Waals surface area (Å²) in [6, 6.07) is 19.6. The van der Waals surface area contributed by atoms with E-state index in [0.29, 0.717) is 29.5 Å². The third kappa shape index (κ3) is 5.65. The molecule has 0 saturated carbocycles. The van der Waals surface area contributed by atoms with Crippen LogP contribution in [0.4, 0.5) is 4.39 Å². The van der Waals surface area contributed by atoms with Gasteiger partial charge in [0.25, 0.3) is 0 Å². The number of carbonyl (C=O) groups excluding carboxylic acids is 1. The molecule has 0 N–H and O–H groups in total. The SMILES string of the molecule is COc1cc2c(cc1OC)C(COc1ccc(F)cc1)N(C(=O)CSCc1ccccc1)CC2. The Morgan fingerprint density at radius 1 is 1.03 bits per heavy atom. The van der Waals surface area contributed by atoms with Gasteiger partial charge in [-0.2, -0.15) is 0 Å². The van der Waals surface area contributed by atoms with Crippen molar-refractivity contribution in [3.8, 4) is 17.2 Å². The topological polar surface area (TPSA) is 48.0 Å². The van der Waals surface area contributed by atoms with Gasteiger partial charge in [0.1, 0.15) is 18.2 Å². The Kier molecular flexibility index (Phi) is 7.95. The standard InChI is InChI=1S/C27H28FNO4S/c1-31-25-14-20-12-13-29(27(30)18-34-17-19-6-4-3-5-7-19)24(23(20)15-26(25)32-2)16-33-22-10-8-21(28)9-11-22/h3-11,14-15,24H,12-13,16-18H2,1-2H3. The Bertz CT molecular complexity index is 1110. The number of benzene rings is 3. The highest BCUT2D eigenvalue weighted by Gasteiger charge is 2.32. The van der Waals surface area contributed by atoms with Crippen LogP contribution in [0, 0.1) is 5.82 Å². The van der Waals surface area contributed by atoms with Crippen LogP contribution in [0.15, 0.2) is 66.7 Å². The third-order valence-electron chi connectivity index (χ3n) is 5.88. The number of methoxy groups -OCH3 is 2. The highest BCUT2D eigenvalue weighted by molar-refractivity contribution is 7.99. The van der Waals surface area contributed by atoms with Gasteiger partial charge in [0.2, 0.25) is 5.91 Å². The van der Waals surface area contributed by atoms with E-state index < -0.39 is 0 Å². The van der Waals surface area contributed by atoms with Crippen molar-refractivity contribution in [3.63, 3.8) is 0 Å². The van der Waals surface area contributed by atoms with E-state index in [9.17, 15) is 9.18 Å². The summed E-state index contributed by atoms with van der Waals surface area (Å²) in [7, 11) is 3.21. The van der Waals surface area contributed by atoms with Crippen molar-refractivity contribution >= 4 is 17.7 Å². The summed E-state index contributed by atoms with van der Waals surface area (Å²) in [6.07, 6.45) is 0.720. The molecule has 0 saturated heterocycles. The van der Waals surface area contributed by atoms with E-state index in [0.717, 1.165) is 23.3 Å². The summed E-state index contributed by atoms with van der Waals surface area (Å²) in [5.74, 6) is 2.73. The zero-order chi connectivity index (χ0) is 23.9. The maximum atomic E-state index is 13.3. The predicted octanol–water partition coefficient (Wildman–Crippen LogP) is 5.28. The van der Waals surface area contributed by atoms with Crippen molar-refractivity contribution in [2.75, 3.05) is 33.1 Å². The molecule has 1 amide bonds. The van der Waals surface area contributed by atoms with Gasteiger partial charge >= 0.3 is 0 Å². The lowest BCUT2D eigenvalue weighted by Crippen LogP contribution is -2.43. The number of hydrogen-bond acceptors (Lipinski definition) is 5. The quantitative estimate of drug-likeness (QED) is 0.416. The number of carbonyl (C=O) groups is 1. The summed E-state index contributed by atoms with van der Waals surface area (Å²) in [4.78, 5) is 15.2. The number of ether oxygens (including phenoxy) is 3. The van der Waals surface area contributed by atoms with E-state index in [1.165, 1.54) is 17.7 Å². The number of rotatable bonds is 9. The molecule has 0 fully saturated rings. The van der Waals surface area contributed by atoms with Crippen LogP contribution in [0.1, 0.15) is 22.7 Å². The molecule has 0 aromatic heterocycles. The Morgan fingerprint density at radius 3 is 2.44 bits per heavy atom. The molecule has 0 aliphatic carbocycles. The van der Waals surface area contributed by atoms with E-state index >= 15 is 0 Å². The van der Waals surface area contributed by atoms with Crippen LogP contribution in [-0.4, -0.2) is 43.9 Å². The molecule has 1 heterocycles. The summed E-state index contributed by atoms with van der Waals surface area (Å²) < 4.78 is 30.3. The molecule has 1 aliphatic rings. The van der Waals surface area contributed by atoms with E-state index in [1.807, 2.05) is 35.2 Å². The molecule has 3 aromatic rings. The molecule has 0 spiro atoms. The number of fused-ring (bicyclic) bond motifs is 1. The van der Waals surface area contributed by atoms with Crippen LogP contribution < -0.4 is 14.2 Å². The normalized spacial score (nSPS) is 14.9. The number of thioether (sulfide) groups is 1. The minimum Gasteiger partial charge on any atom is -0.493 e. The van der Waals surface area contributed by atoms with Crippen molar-refractivity contribution in [3.05, 3.63) is 89.2 Å². The first-order chi connectivity index (χ1) is 16.6. The van der Waals surface area contributed by atoms with Crippen LogP contribution in [0.25, 0.3) is 0 Å². The highest BCUT2D eigenvalue weighted by Crippen LogP contribution is 2.38. The van der Waals surface area contributed by atoms with Gasteiger partial charge in [-0.25, -0.2) is 4.39 Å². The second-order valence-corrected chi connectivity index (χ2v) is 8.99. The van der Waals surface area contributed by atoms with Crippen molar-refractivity contribution in [1.82, 2.24) is 4.90 Å². The molecule has 5 nitrogen and oxygen atoms in total. The van der Waals surface area contributed by atoms with Crippen LogP contribution in [-0.2, 0) is 17.0 Å². The predicted molar refractivity (Wildman–Crippen MR) is 132 cm³/mol. The van der Waals surface area contributed by atoms with Gasteiger partial charge in [0.15, 0.2) is 11.5 Å². The van der Waals surface area contributed by atoms with Crippen LogP contribution in [0.5, 0.6) is 17.2 Å². The first-order valence-electron chi connectivity index (χ1n) is 11.1. The average molecular weight is 482 g/mol. The van der Waals surface area contributed by atoms with Gasteiger partial charge in [-0.1, -0.05) is 30.3 Å². The second-order valence-electron chi connectivity index (χ2n) is 8.00. The fourth-order valence-corrected chi connectivity index (χ4v) is 5.00. The Hall–Kier alpha value is -3.19. The fraction of sp³-hybridized carbons (Fsp3) is 0.296. The zero-order valence-electron chi connectivity index (χ0n) is 19.3. The Balaban J connectivity index is 1.54. The lowest BCUT2D eigenvalue weighted by Gasteiger charge is -2.37. The minimum atomic E-state index is -0.320. The molecule has 1 aliphatic heterocycles. The summed E-state index contributed by atoms with van der Waals surface area (Å²) in [6.45, 7) is 0.841. The first kappa shape index (κ1) is 24.0. The van der Waals surface area contributed by atoms with Gasteiger partial charge in [0.05, 0.1) is 26.0 Å². The molecule has 7 heteroatoms. The number of nitrogens with zero attached hydrogens (tertiary/aromatic N) is 1. The maximum absolute atomic E-state index is 13.3. The van der Waals surface area contributed by atoms with E-state index in [4.69, 9.17) is 14.2 Å². The summed E-state index contributed by atoms with van der Waals surface area (Å²) in [5.41, 5.74) is 3.27. The van der Waals surface area contributed by atoms with Gasteiger partial charge in [-0.3, -0.25) is 4.79 Å². The lowest BCUT2D eigenvalue weighted by molar-refractivity contribution is -0.132. The number of amides is 1. The van der Waals surface area contributed by atoms with E-state index in [2.05, 4.69) is 12.1 Å². The van der Waals surface area contributed by atoms with Crippen LogP contribution in [0.2, 0.25) is 0 Å². The number of hydrogen-bond donors (Lipinski definition) is 0. The summed E-state index contributed by atoms with van der Waals surface area (Å²) >= 11 is 1.60. The second kappa shape index (κ2) is 11.3. The largest absolute Gasteiger partial charge is 0.493 e. The van der Waals surface area contributed by atoms with E-state index in [1.54, 1.807) is 38.1 Å². The van der Waals surface area contributed by atoms with Gasteiger partial charge in [-0.05, 0) is 59.5 Å². The number of halogens is 1. The minimum absolute atomic E-state index is 0.0640. The first-order valence-corrected chi connectivity index (χ1v) is 12.3. The highest BCUT2D eigenvalue weighted by atomic mass is 32.2. The lowest BCUT2D eigenvalue weighted by atomic mass is 9.92. The maximum Gasteiger partial charge on any atom is 0.233 e. The van der Waals surface area contributed by atoms with Gasteiger partial charge in [0, 0.05) is 12.3 Å². The van der Waals surface area contributed by atoms with Crippen molar-refractivity contribution in [2.45, 2.75) is 18.2 Å². The van der Waals surface area contributed by atoms with Gasteiger partial charge in [-0.15, -0.1) is 11.8 Å². The van der Waals surface area contributed by atoms with Crippen LogP contribution >= 0.6 is 11.8 Å². The summed E-state index contributed by atoms with van der Waals surface area (Å²) in [5, 5.41) is 0. The zero-order valence-corrected chi connectivity index (χ0v) is 20.1. The Morgan fingerprint density at radius 2 is 1.74 bits per heavy atom. The molecule has 1 atom stereocenters. The Labute approximate surface area is 203 Å². The molecule has 0 radical (unpaired) electrons. The molecule has 178 valence electrons. The molecule has 1 unspecified atom stereocenters. The third-order valence-corrected chi connectivity index (χ3v) is 6.87. The van der Waals surface area contributed by atoms with Crippen molar-refractivity contribution < 1.29 is 23.4 Å². The van der Waals surface area contributed by atoms with Crippen LogP contribution in [0.3, 0.4) is 0 Å². The van der Waals surface area contributed by atoms with Crippen molar-refractivity contribution in [1.29, 1.82) is 0 Å². The molecule has 34 heavy (non-hydrogen) atoms. The molecule has 0 bridgehead atoms. The fourth-order valence-electron chi connectivity index (χ4n) is 4.13. The molecule has 3 aromatic carbocycles. The molecular formula is C27H28FNO4S. The molecular weight excluding hydrogens is 453 g/mol. The molecule has 4 rings (SSSR count). The smallest absolute Gasteiger partial charge is 0.233 e. The average Bonchev–Trinajstić information content (AvgIpc) is 2.87. The van der Waals surface area contributed by atoms with Crippen molar-refractivity contribution in [2.24, 2.45) is 0 Å².